The molecule has 0 unspecified atom stereocenters. The van der Waals surface area contributed by atoms with E-state index in [9.17, 15) is 9.59 Å². The van der Waals surface area contributed by atoms with Crippen LogP contribution in [0.3, 0.4) is 0 Å². The van der Waals surface area contributed by atoms with Gasteiger partial charge in [-0.1, -0.05) is 12.2 Å². The monoisotopic (exact) mass is 252 g/mol. The fraction of sp³-hybridized carbons (Fsp3) is 0.429. The Morgan fingerprint density at radius 3 is 1.44 bits per heavy atom. The molecule has 18 heavy (non-hydrogen) atoms. The predicted molar refractivity (Wildman–Crippen MR) is 69.9 cm³/mol. The molecule has 0 heterocycles. The Kier molecular flexibility index (Phi) is 8.27. The fourth-order valence-electron chi connectivity index (χ4n) is 1.38. The summed E-state index contributed by atoms with van der Waals surface area (Å²) in [5, 5.41) is 0. The molecule has 0 aromatic carbocycles. The van der Waals surface area contributed by atoms with Crippen LogP contribution in [-0.2, 0) is 19.1 Å². The van der Waals surface area contributed by atoms with E-state index in [1.807, 2.05) is 0 Å². The van der Waals surface area contributed by atoms with E-state index in [-0.39, 0.29) is 37.2 Å². The maximum atomic E-state index is 11.8. The molecule has 0 bridgehead atoms. The second-order valence-corrected chi connectivity index (χ2v) is 3.38. The van der Waals surface area contributed by atoms with Crippen LogP contribution in [0, 0.1) is 0 Å². The van der Waals surface area contributed by atoms with Crippen molar-refractivity contribution in [2.45, 2.75) is 26.7 Å². The van der Waals surface area contributed by atoms with E-state index in [0.29, 0.717) is 0 Å². The van der Waals surface area contributed by atoms with Crippen molar-refractivity contribution in [3.05, 3.63) is 36.5 Å². The second-order valence-electron chi connectivity index (χ2n) is 3.38. The number of carbonyl (C=O) groups excluding carboxylic acids is 2. The Hall–Kier alpha value is -1.84. The molecule has 0 atom stereocenters. The summed E-state index contributed by atoms with van der Waals surface area (Å²) in [5.41, 5.74) is 0.565. The van der Waals surface area contributed by atoms with Gasteiger partial charge in [-0.2, -0.15) is 0 Å². The van der Waals surface area contributed by atoms with Gasteiger partial charge in [-0.15, -0.1) is 13.2 Å². The third-order valence-electron chi connectivity index (χ3n) is 2.10. The highest BCUT2D eigenvalue weighted by molar-refractivity contribution is 6.00. The molecule has 100 valence electrons. The van der Waals surface area contributed by atoms with E-state index < -0.39 is 11.9 Å². The Balaban J connectivity index is 5.38. The summed E-state index contributed by atoms with van der Waals surface area (Å²) >= 11 is 0. The second kappa shape index (κ2) is 9.22. The van der Waals surface area contributed by atoms with Gasteiger partial charge in [0.05, 0.1) is 24.4 Å². The van der Waals surface area contributed by atoms with Gasteiger partial charge in [0.2, 0.25) is 0 Å². The first kappa shape index (κ1) is 16.2. The lowest BCUT2D eigenvalue weighted by atomic mass is 10.0. The number of ether oxygens (including phenoxy) is 2. The zero-order valence-corrected chi connectivity index (χ0v) is 11.0. The SMILES string of the molecule is C=CC/C(C(=O)OCC)=C(\CC=C)C(=O)OCC. The quantitative estimate of drug-likeness (QED) is 0.378. The van der Waals surface area contributed by atoms with Gasteiger partial charge < -0.3 is 9.47 Å². The van der Waals surface area contributed by atoms with Crippen molar-refractivity contribution in [3.8, 4) is 0 Å². The number of esters is 2. The van der Waals surface area contributed by atoms with Crippen LogP contribution in [0.4, 0.5) is 0 Å². The molecular formula is C14H20O4. The van der Waals surface area contributed by atoms with E-state index in [2.05, 4.69) is 13.2 Å². The first-order valence-corrected chi connectivity index (χ1v) is 5.90. The largest absolute Gasteiger partial charge is 0.463 e. The number of carbonyl (C=O) groups is 2. The van der Waals surface area contributed by atoms with Crippen LogP contribution in [0.2, 0.25) is 0 Å². The van der Waals surface area contributed by atoms with Crippen molar-refractivity contribution in [2.75, 3.05) is 13.2 Å². The van der Waals surface area contributed by atoms with Crippen LogP contribution in [0.1, 0.15) is 26.7 Å². The van der Waals surface area contributed by atoms with Crippen molar-refractivity contribution < 1.29 is 19.1 Å². The van der Waals surface area contributed by atoms with Gasteiger partial charge in [0.25, 0.3) is 0 Å². The van der Waals surface area contributed by atoms with Gasteiger partial charge in [-0.05, 0) is 26.7 Å². The maximum absolute atomic E-state index is 11.8. The molecule has 4 heteroatoms. The summed E-state index contributed by atoms with van der Waals surface area (Å²) in [6.45, 7) is 11.1. The van der Waals surface area contributed by atoms with Crippen LogP contribution in [0.5, 0.6) is 0 Å². The molecule has 0 saturated carbocycles. The van der Waals surface area contributed by atoms with E-state index in [0.717, 1.165) is 0 Å². The Bertz CT molecular complexity index is 319. The molecule has 0 fully saturated rings. The minimum absolute atomic E-state index is 0.254. The van der Waals surface area contributed by atoms with Crippen molar-refractivity contribution >= 4 is 11.9 Å². The van der Waals surface area contributed by atoms with Gasteiger partial charge in [-0.25, -0.2) is 9.59 Å². The third kappa shape index (κ3) is 4.99. The highest BCUT2D eigenvalue weighted by atomic mass is 16.5. The van der Waals surface area contributed by atoms with Crippen LogP contribution in [-0.4, -0.2) is 25.2 Å². The van der Waals surface area contributed by atoms with Gasteiger partial charge in [0.1, 0.15) is 0 Å². The number of hydrogen-bond donors (Lipinski definition) is 0. The van der Waals surface area contributed by atoms with E-state index >= 15 is 0 Å². The molecule has 0 aromatic heterocycles. The predicted octanol–water partition coefficient (Wildman–Crippen LogP) is 2.56. The molecular weight excluding hydrogens is 232 g/mol. The molecule has 0 aliphatic heterocycles. The molecule has 0 N–H and O–H groups in total. The summed E-state index contributed by atoms with van der Waals surface area (Å²) < 4.78 is 9.85. The summed E-state index contributed by atoms with van der Waals surface area (Å²) in [7, 11) is 0. The standard InChI is InChI=1S/C14H20O4/c1-5-9-11(13(15)17-7-3)12(10-6-2)14(16)18-8-4/h5-6H,1-2,7-10H2,3-4H3/b12-11-. The Morgan fingerprint density at radius 1 is 0.889 bits per heavy atom. The average molecular weight is 252 g/mol. The smallest absolute Gasteiger partial charge is 0.334 e. The zero-order chi connectivity index (χ0) is 14.0. The third-order valence-corrected chi connectivity index (χ3v) is 2.10. The van der Waals surface area contributed by atoms with Crippen LogP contribution >= 0.6 is 0 Å². The fourth-order valence-corrected chi connectivity index (χ4v) is 1.38. The zero-order valence-electron chi connectivity index (χ0n) is 11.0. The molecule has 4 nitrogen and oxygen atoms in total. The lowest BCUT2D eigenvalue weighted by molar-refractivity contribution is -0.142. The molecule has 0 aliphatic rings. The summed E-state index contributed by atoms with van der Waals surface area (Å²) in [5.74, 6) is -1.02. The minimum Gasteiger partial charge on any atom is -0.463 e. The normalized spacial score (nSPS) is 11.2. The first-order chi connectivity index (χ1) is 8.62. The van der Waals surface area contributed by atoms with Crippen molar-refractivity contribution in [1.82, 2.24) is 0 Å². The van der Waals surface area contributed by atoms with E-state index in [1.54, 1.807) is 26.0 Å². The van der Waals surface area contributed by atoms with Crippen LogP contribution < -0.4 is 0 Å². The van der Waals surface area contributed by atoms with Crippen molar-refractivity contribution in [1.29, 1.82) is 0 Å². The Morgan fingerprint density at radius 2 is 1.22 bits per heavy atom. The van der Waals surface area contributed by atoms with Gasteiger partial charge in [0, 0.05) is 0 Å². The summed E-state index contributed by atoms with van der Waals surface area (Å²) in [4.78, 5) is 23.6. The molecule has 0 amide bonds. The molecule has 0 radical (unpaired) electrons. The van der Waals surface area contributed by atoms with Crippen molar-refractivity contribution in [2.24, 2.45) is 0 Å². The highest BCUT2D eigenvalue weighted by Crippen LogP contribution is 2.17. The highest BCUT2D eigenvalue weighted by Gasteiger charge is 2.20. The molecule has 0 aliphatic carbocycles. The molecule has 0 rings (SSSR count). The number of rotatable bonds is 8. The van der Waals surface area contributed by atoms with E-state index in [4.69, 9.17) is 9.47 Å². The molecule has 0 saturated heterocycles. The lowest BCUT2D eigenvalue weighted by Gasteiger charge is -2.11. The summed E-state index contributed by atoms with van der Waals surface area (Å²) in [6, 6.07) is 0. The van der Waals surface area contributed by atoms with Gasteiger partial charge in [-0.3, -0.25) is 0 Å². The van der Waals surface area contributed by atoms with Crippen molar-refractivity contribution in [3.63, 3.8) is 0 Å². The van der Waals surface area contributed by atoms with Gasteiger partial charge >= 0.3 is 11.9 Å². The summed E-state index contributed by atoms with van der Waals surface area (Å²) in [6.07, 6.45) is 3.63. The average Bonchev–Trinajstić information content (AvgIpc) is 2.34. The van der Waals surface area contributed by atoms with Crippen LogP contribution in [0.15, 0.2) is 36.5 Å². The molecule has 0 aromatic rings. The molecule has 0 spiro atoms. The topological polar surface area (TPSA) is 52.6 Å². The van der Waals surface area contributed by atoms with E-state index in [1.165, 1.54) is 0 Å². The van der Waals surface area contributed by atoms with Crippen LogP contribution in [0.25, 0.3) is 0 Å². The maximum Gasteiger partial charge on any atom is 0.334 e. The minimum atomic E-state index is -0.512. The lowest BCUT2D eigenvalue weighted by Crippen LogP contribution is -2.16. The van der Waals surface area contributed by atoms with Gasteiger partial charge in [0.15, 0.2) is 0 Å². The number of allylic oxidation sites excluding steroid dienone is 2. The first-order valence-electron chi connectivity index (χ1n) is 5.90. The number of hydrogen-bond acceptors (Lipinski definition) is 4. The Labute approximate surface area is 108 Å².